The molecule has 2 unspecified atom stereocenters. The van der Waals surface area contributed by atoms with Gasteiger partial charge in [0, 0.05) is 30.1 Å². The van der Waals surface area contributed by atoms with Crippen LogP contribution >= 0.6 is 11.6 Å². The lowest BCUT2D eigenvalue weighted by molar-refractivity contribution is -0.116. The molecule has 1 aromatic rings. The smallest absolute Gasteiger partial charge is 0.226 e. The monoisotopic (exact) mass is 340 g/mol. The third-order valence-corrected chi connectivity index (χ3v) is 4.29. The van der Waals surface area contributed by atoms with E-state index in [9.17, 15) is 4.79 Å². The summed E-state index contributed by atoms with van der Waals surface area (Å²) in [5, 5.41) is 16.0. The third-order valence-electron chi connectivity index (χ3n) is 4.06. The van der Waals surface area contributed by atoms with Gasteiger partial charge in [-0.05, 0) is 50.3 Å². The zero-order valence-corrected chi connectivity index (χ0v) is 14.4. The molecule has 0 heterocycles. The first kappa shape index (κ1) is 18.0. The molecule has 0 radical (unpaired) electrons. The fourth-order valence-electron chi connectivity index (χ4n) is 2.77. The lowest BCUT2D eigenvalue weighted by Crippen LogP contribution is -2.40. The Bertz CT molecular complexity index is 535. The molecule has 3 N–H and O–H groups in total. The van der Waals surface area contributed by atoms with Gasteiger partial charge in [-0.1, -0.05) is 11.6 Å². The van der Waals surface area contributed by atoms with Crippen molar-refractivity contribution in [3.8, 4) is 5.75 Å². The number of anilines is 1. The summed E-state index contributed by atoms with van der Waals surface area (Å²) < 4.78 is 5.23. The van der Waals surface area contributed by atoms with Crippen LogP contribution in [0.25, 0.3) is 0 Å². The molecular weight excluding hydrogens is 316 g/mol. The molecule has 1 aliphatic carbocycles. The highest BCUT2D eigenvalue weighted by Crippen LogP contribution is 2.34. The Morgan fingerprint density at radius 3 is 2.83 bits per heavy atom. The number of halogens is 1. The molecule has 0 bridgehead atoms. The number of aliphatic hydroxyl groups excluding tert-OH is 1. The van der Waals surface area contributed by atoms with Crippen molar-refractivity contribution in [1.29, 1.82) is 0 Å². The topological polar surface area (TPSA) is 70.6 Å². The van der Waals surface area contributed by atoms with Gasteiger partial charge in [-0.15, -0.1) is 0 Å². The first-order valence-electron chi connectivity index (χ1n) is 8.03. The molecule has 0 aliphatic heterocycles. The number of ether oxygens (including phenoxy) is 1. The van der Waals surface area contributed by atoms with E-state index in [1.165, 1.54) is 12.8 Å². The van der Waals surface area contributed by atoms with Crippen LogP contribution in [0.4, 0.5) is 5.69 Å². The maximum absolute atomic E-state index is 12.2. The molecule has 1 saturated carbocycles. The van der Waals surface area contributed by atoms with E-state index in [1.54, 1.807) is 25.3 Å². The van der Waals surface area contributed by atoms with Gasteiger partial charge in [0.2, 0.25) is 5.91 Å². The number of hydrogen-bond donors (Lipinski definition) is 3. The molecule has 23 heavy (non-hydrogen) atoms. The van der Waals surface area contributed by atoms with E-state index in [0.717, 1.165) is 6.42 Å². The minimum absolute atomic E-state index is 0.0392. The van der Waals surface area contributed by atoms with Crippen LogP contribution in [-0.2, 0) is 4.79 Å². The van der Waals surface area contributed by atoms with Crippen molar-refractivity contribution in [1.82, 2.24) is 5.32 Å². The van der Waals surface area contributed by atoms with Crippen LogP contribution in [0.15, 0.2) is 18.2 Å². The Morgan fingerprint density at radius 2 is 2.22 bits per heavy atom. The molecule has 128 valence electrons. The quantitative estimate of drug-likeness (QED) is 0.646. The summed E-state index contributed by atoms with van der Waals surface area (Å²) in [6.07, 6.45) is 3.50. The molecule has 1 aliphatic rings. The molecule has 0 aromatic heterocycles. The molecule has 1 amide bonds. The Kier molecular flexibility index (Phi) is 6.69. The predicted molar refractivity (Wildman–Crippen MR) is 92.1 cm³/mol. The second kappa shape index (κ2) is 8.52. The number of methoxy groups -OCH3 is 1. The second-order valence-electron chi connectivity index (χ2n) is 6.12. The highest BCUT2D eigenvalue weighted by atomic mass is 35.5. The second-order valence-corrected chi connectivity index (χ2v) is 6.56. The van der Waals surface area contributed by atoms with E-state index in [0.29, 0.717) is 34.8 Å². The van der Waals surface area contributed by atoms with Crippen molar-refractivity contribution >= 4 is 23.2 Å². The highest BCUT2D eigenvalue weighted by Gasteiger charge is 2.31. The average Bonchev–Trinajstić information content (AvgIpc) is 3.31. The highest BCUT2D eigenvalue weighted by molar-refractivity contribution is 6.31. The van der Waals surface area contributed by atoms with E-state index in [4.69, 9.17) is 21.4 Å². The summed E-state index contributed by atoms with van der Waals surface area (Å²) in [5.41, 5.74) is 0.575. The number of carbonyl (C=O) groups is 1. The number of rotatable bonds is 9. The third kappa shape index (κ3) is 5.68. The van der Waals surface area contributed by atoms with E-state index in [2.05, 4.69) is 10.6 Å². The van der Waals surface area contributed by atoms with Gasteiger partial charge < -0.3 is 20.5 Å². The van der Waals surface area contributed by atoms with Crippen molar-refractivity contribution in [2.24, 2.45) is 5.92 Å². The number of carbonyl (C=O) groups excluding carboxylic acids is 1. The SMILES string of the molecule is COc1ccc(Cl)cc1NC(=O)CC(C)NC(CCO)C1CC1. The molecule has 2 atom stereocenters. The van der Waals surface area contributed by atoms with Gasteiger partial charge in [-0.25, -0.2) is 0 Å². The standard InChI is InChI=1S/C17H25ClN2O3/c1-11(19-14(7-8-21)12-3-4-12)9-17(22)20-15-10-13(18)5-6-16(15)23-2/h5-6,10-12,14,19,21H,3-4,7-9H2,1-2H3,(H,20,22). The van der Waals surface area contributed by atoms with Crippen LogP contribution in [0.5, 0.6) is 5.75 Å². The first-order chi connectivity index (χ1) is 11.0. The number of amides is 1. The molecule has 0 spiro atoms. The van der Waals surface area contributed by atoms with Gasteiger partial charge >= 0.3 is 0 Å². The Labute approximate surface area is 142 Å². The maximum atomic E-state index is 12.2. The largest absolute Gasteiger partial charge is 0.495 e. The van der Waals surface area contributed by atoms with Crippen LogP contribution in [-0.4, -0.2) is 36.8 Å². The summed E-state index contributed by atoms with van der Waals surface area (Å²) in [5.74, 6) is 1.13. The Hall–Kier alpha value is -1.30. The summed E-state index contributed by atoms with van der Waals surface area (Å²) >= 11 is 5.97. The molecule has 5 nitrogen and oxygen atoms in total. The molecule has 0 saturated heterocycles. The predicted octanol–water partition coefficient (Wildman–Crippen LogP) is 2.82. The molecular formula is C17H25ClN2O3. The molecule has 2 rings (SSSR count). The van der Waals surface area contributed by atoms with Gasteiger partial charge in [0.1, 0.15) is 5.75 Å². The maximum Gasteiger partial charge on any atom is 0.226 e. The van der Waals surface area contributed by atoms with E-state index >= 15 is 0 Å². The number of hydrogen-bond acceptors (Lipinski definition) is 4. The normalized spacial score (nSPS) is 16.7. The number of aliphatic hydroxyl groups is 1. The molecule has 1 aromatic carbocycles. The Balaban J connectivity index is 1.87. The fraction of sp³-hybridized carbons (Fsp3) is 0.588. The van der Waals surface area contributed by atoms with Crippen LogP contribution < -0.4 is 15.4 Å². The summed E-state index contributed by atoms with van der Waals surface area (Å²) in [6, 6.07) is 5.45. The summed E-state index contributed by atoms with van der Waals surface area (Å²) in [7, 11) is 1.55. The van der Waals surface area contributed by atoms with Crippen molar-refractivity contribution < 1.29 is 14.6 Å². The Morgan fingerprint density at radius 1 is 1.48 bits per heavy atom. The van der Waals surface area contributed by atoms with Gasteiger partial charge in [0.15, 0.2) is 0 Å². The van der Waals surface area contributed by atoms with Crippen molar-refractivity contribution in [2.75, 3.05) is 19.0 Å². The van der Waals surface area contributed by atoms with Gasteiger partial charge in [0.05, 0.1) is 12.8 Å². The van der Waals surface area contributed by atoms with Crippen molar-refractivity contribution in [2.45, 2.75) is 44.7 Å². The van der Waals surface area contributed by atoms with Crippen molar-refractivity contribution in [3.05, 3.63) is 23.2 Å². The first-order valence-corrected chi connectivity index (χ1v) is 8.41. The van der Waals surface area contributed by atoms with Crippen LogP contribution in [0.1, 0.15) is 32.6 Å². The lowest BCUT2D eigenvalue weighted by Gasteiger charge is -2.22. The summed E-state index contributed by atoms with van der Waals surface area (Å²) in [4.78, 5) is 12.2. The van der Waals surface area contributed by atoms with Crippen LogP contribution in [0, 0.1) is 5.92 Å². The van der Waals surface area contributed by atoms with E-state index in [1.807, 2.05) is 6.92 Å². The molecule has 6 heteroatoms. The van der Waals surface area contributed by atoms with E-state index in [-0.39, 0.29) is 18.6 Å². The lowest BCUT2D eigenvalue weighted by atomic mass is 10.1. The average molecular weight is 341 g/mol. The van der Waals surface area contributed by atoms with Crippen molar-refractivity contribution in [3.63, 3.8) is 0 Å². The molecule has 1 fully saturated rings. The van der Waals surface area contributed by atoms with Gasteiger partial charge in [0.25, 0.3) is 0 Å². The minimum atomic E-state index is -0.0934. The zero-order chi connectivity index (χ0) is 16.8. The van der Waals surface area contributed by atoms with E-state index < -0.39 is 0 Å². The fourth-order valence-corrected chi connectivity index (χ4v) is 2.95. The summed E-state index contributed by atoms with van der Waals surface area (Å²) in [6.45, 7) is 2.16. The number of benzene rings is 1. The van der Waals surface area contributed by atoms with Crippen LogP contribution in [0.3, 0.4) is 0 Å². The van der Waals surface area contributed by atoms with Crippen LogP contribution in [0.2, 0.25) is 5.02 Å². The van der Waals surface area contributed by atoms with Gasteiger partial charge in [-0.2, -0.15) is 0 Å². The van der Waals surface area contributed by atoms with Gasteiger partial charge in [-0.3, -0.25) is 4.79 Å². The number of nitrogens with one attached hydrogen (secondary N) is 2. The zero-order valence-electron chi connectivity index (χ0n) is 13.6. The minimum Gasteiger partial charge on any atom is -0.495 e.